The molecule has 0 spiro atoms. The maximum atomic E-state index is 12.8. The lowest BCUT2D eigenvalue weighted by atomic mass is 9.86. The largest absolute Gasteiger partial charge is 0.366 e. The molecule has 88 valence electrons. The van der Waals surface area contributed by atoms with Crippen LogP contribution in [0.1, 0.15) is 17.9 Å². The van der Waals surface area contributed by atoms with Gasteiger partial charge in [0.05, 0.1) is 0 Å². The fraction of sp³-hybridized carbons (Fsp3) is 0.167. The molecule has 2 amide bonds. The van der Waals surface area contributed by atoms with E-state index in [1.54, 1.807) is 12.1 Å². The molecule has 0 unspecified atom stereocenters. The Morgan fingerprint density at radius 2 is 2.00 bits per heavy atom. The smallest absolute Gasteiger partial charge is 0.246 e. The minimum Gasteiger partial charge on any atom is -0.366 e. The summed E-state index contributed by atoms with van der Waals surface area (Å²) in [6.07, 6.45) is 1.46. The molecule has 4 nitrogen and oxygen atoms in total. The molecule has 1 aromatic rings. The number of benzene rings is 1. The lowest BCUT2D eigenvalue weighted by Gasteiger charge is -2.22. The molecule has 2 rings (SSSR count). The molecule has 17 heavy (non-hydrogen) atoms. The number of halogens is 1. The van der Waals surface area contributed by atoms with Crippen molar-refractivity contribution < 1.29 is 14.0 Å². The predicted octanol–water partition coefficient (Wildman–Crippen LogP) is 0.798. The van der Waals surface area contributed by atoms with Crippen LogP contribution in [-0.4, -0.2) is 11.8 Å². The normalized spacial score (nSPS) is 19.5. The number of hydrogen-bond acceptors (Lipinski definition) is 2. The Balaban J connectivity index is 2.37. The van der Waals surface area contributed by atoms with Crippen LogP contribution < -0.4 is 11.1 Å². The van der Waals surface area contributed by atoms with Gasteiger partial charge in [0.1, 0.15) is 5.82 Å². The second-order valence-corrected chi connectivity index (χ2v) is 3.84. The van der Waals surface area contributed by atoms with E-state index >= 15 is 0 Å². The van der Waals surface area contributed by atoms with Crippen LogP contribution in [0.3, 0.4) is 0 Å². The van der Waals surface area contributed by atoms with E-state index in [1.807, 2.05) is 0 Å². The van der Waals surface area contributed by atoms with E-state index in [-0.39, 0.29) is 18.1 Å². The highest BCUT2D eigenvalue weighted by Gasteiger charge is 2.27. The van der Waals surface area contributed by atoms with Crippen LogP contribution in [0, 0.1) is 5.82 Å². The number of nitrogens with one attached hydrogen (secondary N) is 1. The average Bonchev–Trinajstić information content (AvgIpc) is 2.29. The van der Waals surface area contributed by atoms with E-state index in [1.165, 1.54) is 18.3 Å². The highest BCUT2D eigenvalue weighted by atomic mass is 19.1. The van der Waals surface area contributed by atoms with Crippen molar-refractivity contribution in [2.24, 2.45) is 5.73 Å². The minimum atomic E-state index is -0.584. The van der Waals surface area contributed by atoms with Gasteiger partial charge in [0.15, 0.2) is 0 Å². The zero-order valence-electron chi connectivity index (χ0n) is 8.94. The molecule has 0 saturated carbocycles. The van der Waals surface area contributed by atoms with Crippen molar-refractivity contribution >= 4 is 11.8 Å². The Morgan fingerprint density at radius 1 is 1.35 bits per heavy atom. The molecule has 5 heteroatoms. The summed E-state index contributed by atoms with van der Waals surface area (Å²) >= 11 is 0. The second kappa shape index (κ2) is 4.37. The number of nitrogens with two attached hydrogens (primary N) is 1. The Kier molecular flexibility index (Phi) is 2.91. The predicted molar refractivity (Wildman–Crippen MR) is 59.2 cm³/mol. The quantitative estimate of drug-likeness (QED) is 0.794. The van der Waals surface area contributed by atoms with Crippen LogP contribution in [0.25, 0.3) is 0 Å². The van der Waals surface area contributed by atoms with Crippen LogP contribution in [-0.2, 0) is 9.59 Å². The van der Waals surface area contributed by atoms with Gasteiger partial charge >= 0.3 is 0 Å². The SMILES string of the molecule is NC(=O)C1=CNC(=O)C[C@H]1c1ccc(F)cc1. The first-order chi connectivity index (χ1) is 8.08. The van der Waals surface area contributed by atoms with Crippen molar-refractivity contribution in [3.05, 3.63) is 47.4 Å². The van der Waals surface area contributed by atoms with Crippen molar-refractivity contribution in [1.29, 1.82) is 0 Å². The monoisotopic (exact) mass is 234 g/mol. The van der Waals surface area contributed by atoms with Crippen molar-refractivity contribution in [2.45, 2.75) is 12.3 Å². The van der Waals surface area contributed by atoms with Gasteiger partial charge in [-0.1, -0.05) is 12.1 Å². The van der Waals surface area contributed by atoms with Crippen molar-refractivity contribution in [3.63, 3.8) is 0 Å². The summed E-state index contributed by atoms with van der Waals surface area (Å²) in [6.45, 7) is 0. The van der Waals surface area contributed by atoms with E-state index in [9.17, 15) is 14.0 Å². The van der Waals surface area contributed by atoms with Gasteiger partial charge in [-0.15, -0.1) is 0 Å². The van der Waals surface area contributed by atoms with E-state index in [2.05, 4.69) is 5.32 Å². The number of primary amides is 1. The molecule has 0 saturated heterocycles. The molecule has 0 fully saturated rings. The molecule has 1 aromatic carbocycles. The molecular weight excluding hydrogens is 223 g/mol. The molecule has 0 aromatic heterocycles. The average molecular weight is 234 g/mol. The van der Waals surface area contributed by atoms with Crippen molar-refractivity contribution in [1.82, 2.24) is 5.32 Å². The molecule has 0 aliphatic carbocycles. The molecule has 1 heterocycles. The lowest BCUT2D eigenvalue weighted by molar-refractivity contribution is -0.121. The van der Waals surface area contributed by atoms with E-state index in [4.69, 9.17) is 5.73 Å². The molecule has 1 atom stereocenters. The maximum absolute atomic E-state index is 12.8. The summed E-state index contributed by atoms with van der Waals surface area (Å²) in [5.74, 6) is -1.54. The van der Waals surface area contributed by atoms with Gasteiger partial charge in [-0.25, -0.2) is 4.39 Å². The third-order valence-corrected chi connectivity index (χ3v) is 2.71. The first-order valence-corrected chi connectivity index (χ1v) is 5.12. The van der Waals surface area contributed by atoms with Gasteiger partial charge in [0.25, 0.3) is 0 Å². The van der Waals surface area contributed by atoms with Crippen molar-refractivity contribution in [2.75, 3.05) is 0 Å². The summed E-state index contributed by atoms with van der Waals surface area (Å²) in [7, 11) is 0. The zero-order valence-corrected chi connectivity index (χ0v) is 8.94. The van der Waals surface area contributed by atoms with Crippen LogP contribution in [0.4, 0.5) is 4.39 Å². The summed E-state index contributed by atoms with van der Waals surface area (Å²) in [5.41, 5.74) is 6.27. The number of hydrogen-bond donors (Lipinski definition) is 2. The summed E-state index contributed by atoms with van der Waals surface area (Å²) in [4.78, 5) is 22.5. The molecule has 0 bridgehead atoms. The minimum absolute atomic E-state index is 0.139. The van der Waals surface area contributed by atoms with Gasteiger partial charge in [-0.2, -0.15) is 0 Å². The fourth-order valence-corrected chi connectivity index (χ4v) is 1.85. The summed E-state index contributed by atoms with van der Waals surface area (Å²) in [6, 6.07) is 5.69. The number of rotatable bonds is 2. The Morgan fingerprint density at radius 3 is 2.59 bits per heavy atom. The highest BCUT2D eigenvalue weighted by Crippen LogP contribution is 2.29. The molecule has 3 N–H and O–H groups in total. The first kappa shape index (κ1) is 11.3. The van der Waals surface area contributed by atoms with Crippen molar-refractivity contribution in [3.8, 4) is 0 Å². The topological polar surface area (TPSA) is 72.2 Å². The highest BCUT2D eigenvalue weighted by molar-refractivity contribution is 5.97. The number of carbonyl (C=O) groups is 2. The summed E-state index contributed by atoms with van der Waals surface area (Å²) < 4.78 is 12.8. The lowest BCUT2D eigenvalue weighted by Crippen LogP contribution is -2.32. The number of amides is 2. The van der Waals surface area contributed by atoms with Crippen LogP contribution in [0.5, 0.6) is 0 Å². The maximum Gasteiger partial charge on any atom is 0.246 e. The third kappa shape index (κ3) is 2.33. The van der Waals surface area contributed by atoms with Gasteiger partial charge in [-0.3, -0.25) is 9.59 Å². The molecular formula is C12H11FN2O2. The van der Waals surface area contributed by atoms with E-state index in [0.29, 0.717) is 11.1 Å². The third-order valence-electron chi connectivity index (χ3n) is 2.71. The fourth-order valence-electron chi connectivity index (χ4n) is 1.85. The molecule has 0 radical (unpaired) electrons. The van der Waals surface area contributed by atoms with Gasteiger partial charge in [-0.05, 0) is 17.7 Å². The first-order valence-electron chi connectivity index (χ1n) is 5.12. The van der Waals surface area contributed by atoms with Crippen LogP contribution >= 0.6 is 0 Å². The van der Waals surface area contributed by atoms with Crippen LogP contribution in [0.2, 0.25) is 0 Å². The molecule has 1 aliphatic rings. The summed E-state index contributed by atoms with van der Waals surface area (Å²) in [5, 5.41) is 2.45. The van der Waals surface area contributed by atoms with E-state index < -0.39 is 11.8 Å². The Hall–Kier alpha value is -2.17. The van der Waals surface area contributed by atoms with E-state index in [0.717, 1.165) is 0 Å². The molecule has 1 aliphatic heterocycles. The zero-order chi connectivity index (χ0) is 12.4. The second-order valence-electron chi connectivity index (χ2n) is 3.84. The Bertz CT molecular complexity index is 494. The van der Waals surface area contributed by atoms with Gasteiger partial charge in [0.2, 0.25) is 11.8 Å². The number of carbonyl (C=O) groups excluding carboxylic acids is 2. The van der Waals surface area contributed by atoms with Crippen LogP contribution in [0.15, 0.2) is 36.0 Å². The Labute approximate surface area is 97.3 Å². The standard InChI is InChI=1S/C12H11FN2O2/c13-8-3-1-7(2-4-8)9-5-11(16)15-6-10(9)12(14)17/h1-4,6,9H,5H2,(H2,14,17)(H,15,16)/t9-/m0/s1. The van der Waals surface area contributed by atoms with Gasteiger partial charge < -0.3 is 11.1 Å². The van der Waals surface area contributed by atoms with Gasteiger partial charge in [0, 0.05) is 24.1 Å².